The summed E-state index contributed by atoms with van der Waals surface area (Å²) >= 11 is 1.86. The maximum atomic E-state index is 13.3. The largest absolute Gasteiger partial charge is 0.460 e. The van der Waals surface area contributed by atoms with E-state index in [1.807, 2.05) is 18.7 Å². The van der Waals surface area contributed by atoms with Crippen LogP contribution >= 0.6 is 11.8 Å². The van der Waals surface area contributed by atoms with E-state index in [-0.39, 0.29) is 5.82 Å². The van der Waals surface area contributed by atoms with Crippen LogP contribution in [0.25, 0.3) is 11.0 Å². The number of aryl methyl sites for hydroxylation is 1. The van der Waals surface area contributed by atoms with Crippen molar-refractivity contribution in [3.05, 3.63) is 29.8 Å². The van der Waals surface area contributed by atoms with Gasteiger partial charge in [0, 0.05) is 10.6 Å². The summed E-state index contributed by atoms with van der Waals surface area (Å²) in [5, 5.41) is 1.61. The predicted octanol–water partition coefficient (Wildman–Crippen LogP) is 4.92. The minimum atomic E-state index is -0.188. The van der Waals surface area contributed by atoms with Crippen molar-refractivity contribution < 1.29 is 8.81 Å². The van der Waals surface area contributed by atoms with Crippen LogP contribution in [0, 0.1) is 12.7 Å². The molecule has 1 fully saturated rings. The highest BCUT2D eigenvalue weighted by Crippen LogP contribution is 2.41. The van der Waals surface area contributed by atoms with Gasteiger partial charge in [0.15, 0.2) is 0 Å². The molecule has 1 aliphatic carbocycles. The summed E-state index contributed by atoms with van der Waals surface area (Å²) in [4.78, 5) is 1.13. The van der Waals surface area contributed by atoms with Gasteiger partial charge in [-0.2, -0.15) is 0 Å². The number of fused-ring (bicyclic) bond motifs is 1. The zero-order valence-electron chi connectivity index (χ0n) is 9.83. The molecule has 0 unspecified atom stereocenters. The van der Waals surface area contributed by atoms with E-state index >= 15 is 0 Å². The molecule has 1 saturated carbocycles. The van der Waals surface area contributed by atoms with E-state index in [1.54, 1.807) is 12.1 Å². The SMILES string of the molecule is Cc1oc2ccc(F)cc2c1SC1CCCC1. The quantitative estimate of drug-likeness (QED) is 0.750. The second kappa shape index (κ2) is 4.37. The third kappa shape index (κ3) is 2.08. The van der Waals surface area contributed by atoms with Crippen molar-refractivity contribution in [1.82, 2.24) is 0 Å². The molecule has 17 heavy (non-hydrogen) atoms. The van der Waals surface area contributed by atoms with Gasteiger partial charge in [0.2, 0.25) is 0 Å². The van der Waals surface area contributed by atoms with Gasteiger partial charge in [-0.1, -0.05) is 12.8 Å². The summed E-state index contributed by atoms with van der Waals surface area (Å²) in [6.07, 6.45) is 5.18. The van der Waals surface area contributed by atoms with Crippen LogP contribution in [0.1, 0.15) is 31.4 Å². The zero-order valence-corrected chi connectivity index (χ0v) is 10.6. The Morgan fingerprint density at radius 3 is 2.82 bits per heavy atom. The van der Waals surface area contributed by atoms with Crippen LogP contribution in [-0.4, -0.2) is 5.25 Å². The molecule has 0 atom stereocenters. The normalized spacial score (nSPS) is 17.1. The maximum Gasteiger partial charge on any atom is 0.135 e. The predicted molar refractivity (Wildman–Crippen MR) is 69.0 cm³/mol. The van der Waals surface area contributed by atoms with Gasteiger partial charge in [-0.15, -0.1) is 11.8 Å². The number of thioether (sulfide) groups is 1. The van der Waals surface area contributed by atoms with Crippen molar-refractivity contribution in [2.24, 2.45) is 0 Å². The summed E-state index contributed by atoms with van der Waals surface area (Å²) < 4.78 is 19.0. The van der Waals surface area contributed by atoms with E-state index < -0.39 is 0 Å². The summed E-state index contributed by atoms with van der Waals surface area (Å²) in [5.41, 5.74) is 0.796. The second-order valence-corrected chi connectivity index (χ2v) is 5.96. The van der Waals surface area contributed by atoms with Crippen molar-refractivity contribution in [3.8, 4) is 0 Å². The van der Waals surface area contributed by atoms with E-state index in [2.05, 4.69) is 0 Å². The first kappa shape index (κ1) is 11.1. The van der Waals surface area contributed by atoms with E-state index in [9.17, 15) is 4.39 Å². The van der Waals surface area contributed by atoms with Gasteiger partial charge in [-0.25, -0.2) is 4.39 Å². The number of rotatable bonds is 2. The highest BCUT2D eigenvalue weighted by molar-refractivity contribution is 8.00. The first-order chi connectivity index (χ1) is 8.24. The topological polar surface area (TPSA) is 13.1 Å². The summed E-state index contributed by atoms with van der Waals surface area (Å²) in [7, 11) is 0. The van der Waals surface area contributed by atoms with Crippen molar-refractivity contribution in [2.75, 3.05) is 0 Å². The molecule has 0 spiro atoms. The third-order valence-corrected chi connectivity index (χ3v) is 4.90. The molecule has 0 N–H and O–H groups in total. The number of benzene rings is 1. The Labute approximate surface area is 104 Å². The lowest BCUT2D eigenvalue weighted by atomic mass is 10.2. The van der Waals surface area contributed by atoms with Gasteiger partial charge in [0.05, 0.1) is 4.90 Å². The lowest BCUT2D eigenvalue weighted by Gasteiger charge is -2.07. The number of hydrogen-bond acceptors (Lipinski definition) is 2. The number of halogens is 1. The molecular weight excluding hydrogens is 235 g/mol. The van der Waals surface area contributed by atoms with Crippen molar-refractivity contribution in [1.29, 1.82) is 0 Å². The van der Waals surface area contributed by atoms with E-state index in [0.717, 1.165) is 21.6 Å². The molecule has 90 valence electrons. The van der Waals surface area contributed by atoms with Crippen molar-refractivity contribution >= 4 is 22.7 Å². The second-order valence-electron chi connectivity index (χ2n) is 4.65. The monoisotopic (exact) mass is 250 g/mol. The number of hydrogen-bond donors (Lipinski definition) is 0. The Kier molecular flexibility index (Phi) is 2.87. The standard InChI is InChI=1S/C14H15FOS/c1-9-14(17-11-4-2-3-5-11)12-8-10(15)6-7-13(12)16-9/h6-8,11H,2-5H2,1H3. The zero-order chi connectivity index (χ0) is 11.8. The molecule has 3 heteroatoms. The fourth-order valence-corrected chi connectivity index (χ4v) is 3.89. The fraction of sp³-hybridized carbons (Fsp3) is 0.429. The lowest BCUT2D eigenvalue weighted by Crippen LogP contribution is -1.93. The Morgan fingerprint density at radius 2 is 2.06 bits per heavy atom. The fourth-order valence-electron chi connectivity index (χ4n) is 2.49. The Bertz CT molecular complexity index is 540. The van der Waals surface area contributed by atoms with Crippen LogP contribution in [0.4, 0.5) is 4.39 Å². The van der Waals surface area contributed by atoms with Gasteiger partial charge < -0.3 is 4.42 Å². The van der Waals surface area contributed by atoms with Crippen LogP contribution in [0.2, 0.25) is 0 Å². The van der Waals surface area contributed by atoms with Gasteiger partial charge in [0.1, 0.15) is 17.2 Å². The Morgan fingerprint density at radius 1 is 1.29 bits per heavy atom. The molecule has 0 amide bonds. The van der Waals surface area contributed by atoms with E-state index in [4.69, 9.17) is 4.42 Å². The van der Waals surface area contributed by atoms with Gasteiger partial charge in [-0.3, -0.25) is 0 Å². The van der Waals surface area contributed by atoms with Crippen molar-refractivity contribution in [3.63, 3.8) is 0 Å². The smallest absolute Gasteiger partial charge is 0.135 e. The molecule has 1 aliphatic rings. The summed E-state index contributed by atoms with van der Waals surface area (Å²) in [5.74, 6) is 0.731. The average molecular weight is 250 g/mol. The van der Waals surface area contributed by atoms with Gasteiger partial charge in [0.25, 0.3) is 0 Å². The van der Waals surface area contributed by atoms with Crippen LogP contribution in [-0.2, 0) is 0 Å². The molecule has 0 radical (unpaired) electrons. The molecule has 0 aliphatic heterocycles. The maximum absolute atomic E-state index is 13.3. The first-order valence-electron chi connectivity index (χ1n) is 6.09. The Balaban J connectivity index is 2.01. The van der Waals surface area contributed by atoms with Crippen molar-refractivity contribution in [2.45, 2.75) is 42.8 Å². The molecular formula is C14H15FOS. The Hall–Kier alpha value is -0.960. The molecule has 1 aromatic heterocycles. The van der Waals surface area contributed by atoms with Crippen LogP contribution in [0.3, 0.4) is 0 Å². The minimum Gasteiger partial charge on any atom is -0.460 e. The highest BCUT2D eigenvalue weighted by atomic mass is 32.2. The molecule has 1 nitrogen and oxygen atoms in total. The molecule has 0 bridgehead atoms. The number of furan rings is 1. The van der Waals surface area contributed by atoms with Gasteiger partial charge in [-0.05, 0) is 38.0 Å². The molecule has 0 saturated heterocycles. The molecule has 1 aromatic carbocycles. The third-order valence-electron chi connectivity index (χ3n) is 3.36. The van der Waals surface area contributed by atoms with Crippen LogP contribution < -0.4 is 0 Å². The molecule has 2 aromatic rings. The average Bonchev–Trinajstić information content (AvgIpc) is 2.90. The van der Waals surface area contributed by atoms with E-state index in [1.165, 1.54) is 31.7 Å². The van der Waals surface area contributed by atoms with Crippen LogP contribution in [0.5, 0.6) is 0 Å². The summed E-state index contributed by atoms with van der Waals surface area (Å²) in [6.45, 7) is 1.97. The van der Waals surface area contributed by atoms with Gasteiger partial charge >= 0.3 is 0 Å². The minimum absolute atomic E-state index is 0.188. The molecule has 3 rings (SSSR count). The lowest BCUT2D eigenvalue weighted by molar-refractivity contribution is 0.567. The van der Waals surface area contributed by atoms with Crippen LogP contribution in [0.15, 0.2) is 27.5 Å². The summed E-state index contributed by atoms with van der Waals surface area (Å²) in [6, 6.07) is 4.76. The molecule has 1 heterocycles. The van der Waals surface area contributed by atoms with E-state index in [0.29, 0.717) is 5.25 Å². The highest BCUT2D eigenvalue weighted by Gasteiger charge is 2.20. The first-order valence-corrected chi connectivity index (χ1v) is 6.97.